The summed E-state index contributed by atoms with van der Waals surface area (Å²) in [7, 11) is 0. The van der Waals surface area contributed by atoms with Crippen LogP contribution >= 0.6 is 0 Å². The molecule has 0 fully saturated rings. The molecule has 0 saturated heterocycles. The molecular formula is C16H19NO3. The van der Waals surface area contributed by atoms with E-state index in [9.17, 15) is 9.59 Å². The van der Waals surface area contributed by atoms with E-state index < -0.39 is 5.97 Å². The maximum Gasteiger partial charge on any atom is 0.303 e. The van der Waals surface area contributed by atoms with Crippen LogP contribution in [0.4, 0.5) is 5.69 Å². The molecule has 1 aliphatic heterocycles. The van der Waals surface area contributed by atoms with Crippen molar-refractivity contribution in [1.29, 1.82) is 0 Å². The second kappa shape index (κ2) is 5.90. The van der Waals surface area contributed by atoms with Gasteiger partial charge in [-0.15, -0.1) is 0 Å². The van der Waals surface area contributed by atoms with Gasteiger partial charge in [-0.1, -0.05) is 12.2 Å². The topological polar surface area (TPSA) is 57.6 Å². The summed E-state index contributed by atoms with van der Waals surface area (Å²) in [5.41, 5.74) is 4.04. The first-order valence-electron chi connectivity index (χ1n) is 6.74. The highest BCUT2D eigenvalue weighted by atomic mass is 16.4. The molecule has 0 saturated carbocycles. The van der Waals surface area contributed by atoms with Gasteiger partial charge in [-0.25, -0.2) is 0 Å². The lowest BCUT2D eigenvalue weighted by Crippen LogP contribution is -2.22. The van der Waals surface area contributed by atoms with E-state index in [4.69, 9.17) is 5.11 Å². The SMILES string of the molecule is C=C(C)CN1CCc2cc(C(=O)CCC(=O)O)ccc21. The molecule has 1 N–H and O–H groups in total. The number of fused-ring (bicyclic) bond motifs is 1. The van der Waals surface area contributed by atoms with Crippen molar-refractivity contribution in [2.45, 2.75) is 26.2 Å². The quantitative estimate of drug-likeness (QED) is 0.639. The van der Waals surface area contributed by atoms with Crippen LogP contribution in [0.3, 0.4) is 0 Å². The van der Waals surface area contributed by atoms with Crippen LogP contribution < -0.4 is 4.90 Å². The van der Waals surface area contributed by atoms with E-state index in [-0.39, 0.29) is 18.6 Å². The highest BCUT2D eigenvalue weighted by molar-refractivity contribution is 5.98. The molecule has 1 heterocycles. The largest absolute Gasteiger partial charge is 0.481 e. The van der Waals surface area contributed by atoms with Crippen LogP contribution in [0.2, 0.25) is 0 Å². The van der Waals surface area contributed by atoms with Gasteiger partial charge in [0.1, 0.15) is 0 Å². The number of carbonyl (C=O) groups excluding carboxylic acids is 1. The van der Waals surface area contributed by atoms with E-state index in [0.717, 1.165) is 36.3 Å². The Bertz CT molecular complexity index is 563. The van der Waals surface area contributed by atoms with Gasteiger partial charge < -0.3 is 10.0 Å². The summed E-state index contributed by atoms with van der Waals surface area (Å²) < 4.78 is 0. The van der Waals surface area contributed by atoms with E-state index in [1.165, 1.54) is 0 Å². The number of rotatable bonds is 6. The number of anilines is 1. The number of ketones is 1. The van der Waals surface area contributed by atoms with Gasteiger partial charge in [0.15, 0.2) is 5.78 Å². The van der Waals surface area contributed by atoms with Crippen LogP contribution in [-0.4, -0.2) is 29.9 Å². The number of Topliss-reactive ketones (excluding diaryl/α,β-unsaturated/α-hetero) is 1. The molecule has 1 aliphatic rings. The van der Waals surface area contributed by atoms with Crippen molar-refractivity contribution in [3.63, 3.8) is 0 Å². The molecule has 2 rings (SSSR count). The van der Waals surface area contributed by atoms with E-state index in [1.54, 1.807) is 6.07 Å². The predicted molar refractivity (Wildman–Crippen MR) is 78.4 cm³/mol. The Morgan fingerprint density at radius 3 is 2.75 bits per heavy atom. The van der Waals surface area contributed by atoms with Crippen LogP contribution in [0.1, 0.15) is 35.7 Å². The molecule has 0 aromatic heterocycles. The summed E-state index contributed by atoms with van der Waals surface area (Å²) in [5, 5.41) is 8.62. The standard InChI is InChI=1S/C16H19NO3/c1-11(2)10-17-8-7-12-9-13(3-4-14(12)17)15(18)5-6-16(19)20/h3-4,9H,1,5-8,10H2,2H3,(H,19,20). The van der Waals surface area contributed by atoms with Crippen molar-refractivity contribution < 1.29 is 14.7 Å². The van der Waals surface area contributed by atoms with Crippen molar-refractivity contribution in [1.82, 2.24) is 0 Å². The van der Waals surface area contributed by atoms with Crippen molar-refractivity contribution in [3.8, 4) is 0 Å². The summed E-state index contributed by atoms with van der Waals surface area (Å²) in [4.78, 5) is 24.7. The summed E-state index contributed by atoms with van der Waals surface area (Å²) in [5.74, 6) is -1.04. The molecule has 0 amide bonds. The fraction of sp³-hybridized carbons (Fsp3) is 0.375. The monoisotopic (exact) mass is 273 g/mol. The second-order valence-corrected chi connectivity index (χ2v) is 5.29. The normalized spacial score (nSPS) is 13.2. The van der Waals surface area contributed by atoms with Crippen molar-refractivity contribution in [2.24, 2.45) is 0 Å². The first kappa shape index (κ1) is 14.3. The highest BCUT2D eigenvalue weighted by Crippen LogP contribution is 2.29. The molecular weight excluding hydrogens is 254 g/mol. The van der Waals surface area contributed by atoms with E-state index >= 15 is 0 Å². The molecule has 1 aromatic carbocycles. The molecule has 20 heavy (non-hydrogen) atoms. The van der Waals surface area contributed by atoms with Crippen LogP contribution in [0.15, 0.2) is 30.4 Å². The molecule has 4 nitrogen and oxygen atoms in total. The summed E-state index contributed by atoms with van der Waals surface area (Å²) >= 11 is 0. The van der Waals surface area contributed by atoms with Crippen LogP contribution in [0.5, 0.6) is 0 Å². The van der Waals surface area contributed by atoms with Crippen LogP contribution in [0.25, 0.3) is 0 Å². The van der Waals surface area contributed by atoms with E-state index in [2.05, 4.69) is 11.5 Å². The Kier molecular flexibility index (Phi) is 4.23. The number of carboxylic acids is 1. The van der Waals surface area contributed by atoms with Crippen LogP contribution in [0, 0.1) is 0 Å². The molecule has 1 aromatic rings. The molecule has 0 spiro atoms. The number of carbonyl (C=O) groups is 2. The summed E-state index contributed by atoms with van der Waals surface area (Å²) in [6.07, 6.45) is 0.865. The third kappa shape index (κ3) is 3.26. The average molecular weight is 273 g/mol. The fourth-order valence-corrected chi connectivity index (χ4v) is 2.50. The van der Waals surface area contributed by atoms with Gasteiger partial charge in [-0.2, -0.15) is 0 Å². The van der Waals surface area contributed by atoms with Crippen molar-refractivity contribution >= 4 is 17.4 Å². The Labute approximate surface area is 118 Å². The lowest BCUT2D eigenvalue weighted by atomic mass is 10.0. The highest BCUT2D eigenvalue weighted by Gasteiger charge is 2.20. The van der Waals surface area contributed by atoms with E-state index in [1.807, 2.05) is 19.1 Å². The number of aliphatic carboxylic acids is 1. The number of hydrogen-bond donors (Lipinski definition) is 1. The van der Waals surface area contributed by atoms with Gasteiger partial charge in [0.05, 0.1) is 6.42 Å². The number of benzene rings is 1. The first-order valence-corrected chi connectivity index (χ1v) is 6.74. The molecule has 106 valence electrons. The molecule has 0 radical (unpaired) electrons. The van der Waals surface area contributed by atoms with Gasteiger partial charge in [0, 0.05) is 30.8 Å². The second-order valence-electron chi connectivity index (χ2n) is 5.29. The average Bonchev–Trinajstić information content (AvgIpc) is 2.77. The van der Waals surface area contributed by atoms with E-state index in [0.29, 0.717) is 5.56 Å². The molecule has 4 heteroatoms. The zero-order valence-electron chi connectivity index (χ0n) is 11.7. The van der Waals surface area contributed by atoms with Crippen LogP contribution in [-0.2, 0) is 11.2 Å². The third-order valence-corrected chi connectivity index (χ3v) is 3.42. The summed E-state index contributed by atoms with van der Waals surface area (Å²) in [6.45, 7) is 7.70. The maximum absolute atomic E-state index is 11.9. The van der Waals surface area contributed by atoms with Gasteiger partial charge in [0.2, 0.25) is 0 Å². The van der Waals surface area contributed by atoms with Crippen molar-refractivity contribution in [2.75, 3.05) is 18.0 Å². The number of nitrogens with zero attached hydrogens (tertiary/aromatic N) is 1. The van der Waals surface area contributed by atoms with Gasteiger partial charge in [-0.05, 0) is 37.1 Å². The molecule has 0 bridgehead atoms. The van der Waals surface area contributed by atoms with Gasteiger partial charge in [-0.3, -0.25) is 9.59 Å². The lowest BCUT2D eigenvalue weighted by molar-refractivity contribution is -0.136. The Balaban J connectivity index is 2.11. The number of carboxylic acid groups (broad SMARTS) is 1. The Morgan fingerprint density at radius 2 is 2.10 bits per heavy atom. The van der Waals surface area contributed by atoms with Gasteiger partial charge in [0.25, 0.3) is 0 Å². The smallest absolute Gasteiger partial charge is 0.303 e. The third-order valence-electron chi connectivity index (χ3n) is 3.42. The molecule has 0 aliphatic carbocycles. The summed E-state index contributed by atoms with van der Waals surface area (Å²) in [6, 6.07) is 5.65. The Hall–Kier alpha value is -2.10. The minimum atomic E-state index is -0.938. The molecule has 0 atom stereocenters. The minimum Gasteiger partial charge on any atom is -0.481 e. The van der Waals surface area contributed by atoms with Gasteiger partial charge >= 0.3 is 5.97 Å². The minimum absolute atomic E-state index is 0.0591. The fourth-order valence-electron chi connectivity index (χ4n) is 2.50. The first-order chi connectivity index (χ1) is 9.47. The molecule has 0 unspecified atom stereocenters. The maximum atomic E-state index is 11.9. The van der Waals surface area contributed by atoms with Crippen molar-refractivity contribution in [3.05, 3.63) is 41.5 Å². The predicted octanol–water partition coefficient (Wildman–Crippen LogP) is 2.67. The zero-order chi connectivity index (χ0) is 14.7. The zero-order valence-corrected chi connectivity index (χ0v) is 11.7. The Morgan fingerprint density at radius 1 is 1.35 bits per heavy atom. The lowest BCUT2D eigenvalue weighted by Gasteiger charge is -2.19. The number of hydrogen-bond acceptors (Lipinski definition) is 3.